The van der Waals surface area contributed by atoms with Crippen molar-refractivity contribution in [2.24, 2.45) is 0 Å². The van der Waals surface area contributed by atoms with E-state index in [9.17, 15) is 0 Å². The van der Waals surface area contributed by atoms with Crippen molar-refractivity contribution in [3.05, 3.63) is 35.9 Å². The van der Waals surface area contributed by atoms with Crippen LogP contribution in [0.5, 0.6) is 0 Å². The summed E-state index contributed by atoms with van der Waals surface area (Å²) in [6, 6.07) is 12.4. The third-order valence-corrected chi connectivity index (χ3v) is 5.48. The van der Waals surface area contributed by atoms with Gasteiger partial charge in [-0.2, -0.15) is 11.8 Å². The largest absolute Gasteiger partial charge is 0.312 e. The molecule has 20 heavy (non-hydrogen) atoms. The summed E-state index contributed by atoms with van der Waals surface area (Å²) in [5, 5.41) is 5.22. The molecule has 1 saturated heterocycles. The van der Waals surface area contributed by atoms with Gasteiger partial charge in [0.15, 0.2) is 0 Å². The highest BCUT2D eigenvalue weighted by Gasteiger charge is 2.30. The van der Waals surface area contributed by atoms with Gasteiger partial charge < -0.3 is 5.32 Å². The first kappa shape index (κ1) is 14.4. The van der Waals surface area contributed by atoms with Gasteiger partial charge >= 0.3 is 0 Å². The van der Waals surface area contributed by atoms with E-state index in [-0.39, 0.29) is 0 Å². The maximum atomic E-state index is 3.73. The Kier molecular flexibility index (Phi) is 4.69. The molecular formula is C17H26N2S. The summed E-state index contributed by atoms with van der Waals surface area (Å²) in [5.41, 5.74) is 1.46. The molecule has 3 unspecified atom stereocenters. The summed E-state index contributed by atoms with van der Waals surface area (Å²) in [5.74, 6) is 0. The molecule has 1 aromatic rings. The minimum absolute atomic E-state index is 0.530. The molecule has 0 bridgehead atoms. The summed E-state index contributed by atoms with van der Waals surface area (Å²) in [4.78, 5) is 2.69. The molecule has 1 N–H and O–H groups in total. The topological polar surface area (TPSA) is 15.3 Å². The highest BCUT2D eigenvalue weighted by atomic mass is 32.2. The molecule has 3 heteroatoms. The first-order chi connectivity index (χ1) is 9.72. The average Bonchev–Trinajstić information content (AvgIpc) is 3.23. The van der Waals surface area contributed by atoms with E-state index < -0.39 is 0 Å². The second kappa shape index (κ2) is 6.50. The molecule has 2 fully saturated rings. The Morgan fingerprint density at radius 2 is 1.80 bits per heavy atom. The number of nitrogens with one attached hydrogen (secondary N) is 1. The van der Waals surface area contributed by atoms with Gasteiger partial charge in [-0.1, -0.05) is 44.2 Å². The third-order valence-electron chi connectivity index (χ3n) is 4.25. The predicted octanol–water partition coefficient (Wildman–Crippen LogP) is 3.31. The van der Waals surface area contributed by atoms with Crippen molar-refractivity contribution < 1.29 is 0 Å². The van der Waals surface area contributed by atoms with Crippen LogP contribution in [0, 0.1) is 0 Å². The number of rotatable bonds is 5. The molecule has 0 spiro atoms. The van der Waals surface area contributed by atoms with Crippen molar-refractivity contribution in [3.8, 4) is 0 Å². The van der Waals surface area contributed by atoms with Gasteiger partial charge in [-0.25, -0.2) is 0 Å². The molecule has 2 aliphatic rings. The Labute approximate surface area is 127 Å². The van der Waals surface area contributed by atoms with E-state index in [4.69, 9.17) is 0 Å². The van der Waals surface area contributed by atoms with Crippen molar-refractivity contribution >= 4 is 11.8 Å². The Bertz CT molecular complexity index is 408. The van der Waals surface area contributed by atoms with Gasteiger partial charge in [-0.15, -0.1) is 0 Å². The molecular weight excluding hydrogens is 264 g/mol. The van der Waals surface area contributed by atoms with Crippen molar-refractivity contribution in [1.29, 1.82) is 0 Å². The fourth-order valence-corrected chi connectivity index (χ4v) is 4.52. The summed E-state index contributed by atoms with van der Waals surface area (Å²) in [6.07, 6.45) is 2.73. The molecule has 110 valence electrons. The zero-order valence-corrected chi connectivity index (χ0v) is 13.4. The fraction of sp³-hybridized carbons (Fsp3) is 0.647. The van der Waals surface area contributed by atoms with Crippen LogP contribution in [0.4, 0.5) is 0 Å². The maximum Gasteiger partial charge on any atom is 0.0473 e. The Balaban J connectivity index is 1.73. The standard InChI is InChI=1S/C17H26N2S/c1-13-11-19(12-14(2)20-13)17(10-18-16-8-9-16)15-6-4-3-5-7-15/h3-7,13-14,16-18H,8-12H2,1-2H3. The van der Waals surface area contributed by atoms with Crippen LogP contribution in [0.15, 0.2) is 30.3 Å². The van der Waals surface area contributed by atoms with Crippen molar-refractivity contribution in [2.75, 3.05) is 19.6 Å². The zero-order valence-electron chi connectivity index (χ0n) is 12.6. The lowest BCUT2D eigenvalue weighted by molar-refractivity contribution is 0.190. The van der Waals surface area contributed by atoms with Gasteiger partial charge in [0.25, 0.3) is 0 Å². The summed E-state index contributed by atoms with van der Waals surface area (Å²) in [7, 11) is 0. The van der Waals surface area contributed by atoms with Crippen LogP contribution >= 0.6 is 11.8 Å². The van der Waals surface area contributed by atoms with Crippen LogP contribution in [0.25, 0.3) is 0 Å². The van der Waals surface area contributed by atoms with E-state index in [1.807, 2.05) is 0 Å². The third kappa shape index (κ3) is 3.78. The van der Waals surface area contributed by atoms with Crippen LogP contribution in [-0.4, -0.2) is 41.1 Å². The number of thioether (sulfide) groups is 1. The SMILES string of the molecule is CC1CN(C(CNC2CC2)c2ccccc2)CC(C)S1. The van der Waals surface area contributed by atoms with E-state index in [1.165, 1.54) is 31.5 Å². The summed E-state index contributed by atoms with van der Waals surface area (Å²) >= 11 is 2.13. The van der Waals surface area contributed by atoms with Gasteiger partial charge in [0.1, 0.15) is 0 Å². The summed E-state index contributed by atoms with van der Waals surface area (Å²) < 4.78 is 0. The minimum atomic E-state index is 0.530. The normalized spacial score (nSPS) is 29.3. The van der Waals surface area contributed by atoms with Crippen LogP contribution < -0.4 is 5.32 Å². The highest BCUT2D eigenvalue weighted by molar-refractivity contribution is 8.00. The van der Waals surface area contributed by atoms with Crippen molar-refractivity contribution in [2.45, 2.75) is 49.3 Å². The first-order valence-electron chi connectivity index (χ1n) is 7.90. The smallest absolute Gasteiger partial charge is 0.0473 e. The Morgan fingerprint density at radius 3 is 2.40 bits per heavy atom. The molecule has 2 nitrogen and oxygen atoms in total. The Morgan fingerprint density at radius 1 is 1.15 bits per heavy atom. The quantitative estimate of drug-likeness (QED) is 0.895. The average molecular weight is 290 g/mol. The fourth-order valence-electron chi connectivity index (χ4n) is 3.17. The predicted molar refractivity (Wildman–Crippen MR) is 88.3 cm³/mol. The van der Waals surface area contributed by atoms with Gasteiger partial charge in [-0.3, -0.25) is 4.90 Å². The van der Waals surface area contributed by atoms with Gasteiger partial charge in [0.2, 0.25) is 0 Å². The number of hydrogen-bond donors (Lipinski definition) is 1. The molecule has 0 amide bonds. The van der Waals surface area contributed by atoms with E-state index in [2.05, 4.69) is 66.2 Å². The molecule has 0 radical (unpaired) electrons. The molecule has 1 saturated carbocycles. The van der Waals surface area contributed by atoms with Crippen LogP contribution in [0.1, 0.15) is 38.3 Å². The van der Waals surface area contributed by atoms with Crippen LogP contribution in [-0.2, 0) is 0 Å². The van der Waals surface area contributed by atoms with E-state index in [0.29, 0.717) is 6.04 Å². The molecule has 1 aliphatic heterocycles. The van der Waals surface area contributed by atoms with Crippen LogP contribution in [0.3, 0.4) is 0 Å². The van der Waals surface area contributed by atoms with Gasteiger partial charge in [0.05, 0.1) is 0 Å². The van der Waals surface area contributed by atoms with Gasteiger partial charge in [0, 0.05) is 42.2 Å². The lowest BCUT2D eigenvalue weighted by atomic mass is 10.0. The summed E-state index contributed by atoms with van der Waals surface area (Å²) in [6.45, 7) is 8.24. The first-order valence-corrected chi connectivity index (χ1v) is 8.84. The second-order valence-corrected chi connectivity index (χ2v) is 8.20. The molecule has 0 aromatic heterocycles. The highest BCUT2D eigenvalue weighted by Crippen LogP contribution is 2.31. The molecule has 1 aromatic carbocycles. The maximum absolute atomic E-state index is 3.73. The Hall–Kier alpha value is -0.510. The molecule has 1 aliphatic carbocycles. The van der Waals surface area contributed by atoms with E-state index in [0.717, 1.165) is 23.1 Å². The van der Waals surface area contributed by atoms with E-state index >= 15 is 0 Å². The number of hydrogen-bond acceptors (Lipinski definition) is 3. The molecule has 3 atom stereocenters. The number of nitrogens with zero attached hydrogens (tertiary/aromatic N) is 1. The van der Waals surface area contributed by atoms with Crippen molar-refractivity contribution in [3.63, 3.8) is 0 Å². The van der Waals surface area contributed by atoms with Crippen LogP contribution in [0.2, 0.25) is 0 Å². The zero-order chi connectivity index (χ0) is 13.9. The van der Waals surface area contributed by atoms with Gasteiger partial charge in [-0.05, 0) is 18.4 Å². The lowest BCUT2D eigenvalue weighted by Crippen LogP contribution is -2.45. The van der Waals surface area contributed by atoms with Crippen molar-refractivity contribution in [1.82, 2.24) is 10.2 Å². The molecule has 1 heterocycles. The minimum Gasteiger partial charge on any atom is -0.312 e. The molecule has 3 rings (SSSR count). The second-order valence-electron chi connectivity index (χ2n) is 6.32. The van der Waals surface area contributed by atoms with E-state index in [1.54, 1.807) is 0 Å². The monoisotopic (exact) mass is 290 g/mol. The number of benzene rings is 1. The lowest BCUT2D eigenvalue weighted by Gasteiger charge is -2.40.